The molecule has 2 amide bonds. The number of benzene rings is 2. The van der Waals surface area contributed by atoms with Gasteiger partial charge in [-0.3, -0.25) is 14.5 Å². The van der Waals surface area contributed by atoms with Crippen molar-refractivity contribution in [2.75, 3.05) is 26.2 Å². The molecule has 0 spiro atoms. The maximum atomic E-state index is 13.2. The van der Waals surface area contributed by atoms with E-state index in [-0.39, 0.29) is 18.4 Å². The molecule has 5 nitrogen and oxygen atoms in total. The summed E-state index contributed by atoms with van der Waals surface area (Å²) < 4.78 is 0. The van der Waals surface area contributed by atoms with E-state index in [9.17, 15) is 9.59 Å². The summed E-state index contributed by atoms with van der Waals surface area (Å²) in [5, 5.41) is 3.28. The molecule has 0 unspecified atom stereocenters. The second-order valence-electron chi connectivity index (χ2n) is 7.12. The molecule has 0 bridgehead atoms. The van der Waals surface area contributed by atoms with E-state index in [1.807, 2.05) is 48.5 Å². The third-order valence-corrected chi connectivity index (χ3v) is 5.29. The highest BCUT2D eigenvalue weighted by molar-refractivity contribution is 6.30. The minimum Gasteiger partial charge on any atom is -0.390 e. The molecular weight excluding hydrogens is 362 g/mol. The van der Waals surface area contributed by atoms with Crippen LogP contribution in [0, 0.1) is 0 Å². The lowest BCUT2D eigenvalue weighted by molar-refractivity contribution is -0.123. The molecule has 5 heteroatoms. The quantitative estimate of drug-likeness (QED) is 0.404. The van der Waals surface area contributed by atoms with Crippen LogP contribution in [0.25, 0.3) is 5.57 Å². The fourth-order valence-electron chi connectivity index (χ4n) is 3.57. The van der Waals surface area contributed by atoms with Crippen molar-refractivity contribution in [1.29, 1.82) is 0 Å². The van der Waals surface area contributed by atoms with Gasteiger partial charge in [0.15, 0.2) is 0 Å². The molecule has 0 saturated heterocycles. The van der Waals surface area contributed by atoms with E-state index in [4.69, 9.17) is 0 Å². The molecule has 0 atom stereocenters. The van der Waals surface area contributed by atoms with Crippen LogP contribution in [0.15, 0.2) is 60.8 Å². The molecular formula is C24H29N3O2. The fourth-order valence-corrected chi connectivity index (χ4v) is 3.57. The molecule has 29 heavy (non-hydrogen) atoms. The molecule has 3 rings (SSSR count). The van der Waals surface area contributed by atoms with Crippen molar-refractivity contribution in [3.63, 3.8) is 0 Å². The number of carbonyl (C=O) groups is 2. The standard InChI is InChI=1S/C24H29N3O2/c1-3-26(4-2)16-10-15-25-17-22-20-13-8-9-14-21(20)23(28)27(24(22)29)18-19-11-6-5-7-12-19/h5-9,11-14,17,25H,3-4,10,15-16,18H2,1-2H3/b22-17+. The number of nitrogens with one attached hydrogen (secondary N) is 1. The summed E-state index contributed by atoms with van der Waals surface area (Å²) in [6.45, 7) is 8.48. The molecule has 2 aromatic rings. The third-order valence-electron chi connectivity index (χ3n) is 5.29. The van der Waals surface area contributed by atoms with Crippen molar-refractivity contribution in [2.45, 2.75) is 26.8 Å². The zero-order chi connectivity index (χ0) is 20.6. The number of carbonyl (C=O) groups excluding carboxylic acids is 2. The van der Waals surface area contributed by atoms with Gasteiger partial charge in [-0.25, -0.2) is 0 Å². The summed E-state index contributed by atoms with van der Waals surface area (Å²) in [7, 11) is 0. The van der Waals surface area contributed by atoms with E-state index in [2.05, 4.69) is 24.1 Å². The first-order valence-electron chi connectivity index (χ1n) is 10.3. The zero-order valence-electron chi connectivity index (χ0n) is 17.2. The second kappa shape index (κ2) is 10.0. The summed E-state index contributed by atoms with van der Waals surface area (Å²) in [6, 6.07) is 16.9. The number of hydrogen-bond donors (Lipinski definition) is 1. The Labute approximate surface area is 173 Å². The van der Waals surface area contributed by atoms with Crippen LogP contribution in [-0.2, 0) is 11.3 Å². The Balaban J connectivity index is 1.77. The Kier molecular flexibility index (Phi) is 7.19. The van der Waals surface area contributed by atoms with Gasteiger partial charge in [0.2, 0.25) is 0 Å². The molecule has 0 fully saturated rings. The van der Waals surface area contributed by atoms with E-state index in [1.54, 1.807) is 12.3 Å². The molecule has 1 aliphatic heterocycles. The van der Waals surface area contributed by atoms with Gasteiger partial charge in [-0.15, -0.1) is 0 Å². The van der Waals surface area contributed by atoms with Gasteiger partial charge in [-0.05, 0) is 37.7 Å². The van der Waals surface area contributed by atoms with Crippen molar-refractivity contribution in [3.8, 4) is 0 Å². The first-order chi connectivity index (χ1) is 14.2. The number of amides is 2. The fraction of sp³-hybridized carbons (Fsp3) is 0.333. The SMILES string of the molecule is CCN(CC)CCCN/C=C1/C(=O)N(Cc2ccccc2)C(=O)c2ccccc21. The van der Waals surface area contributed by atoms with Gasteiger partial charge in [-0.1, -0.05) is 62.4 Å². The predicted molar refractivity (Wildman–Crippen MR) is 116 cm³/mol. The van der Waals surface area contributed by atoms with Crippen LogP contribution in [0.3, 0.4) is 0 Å². The predicted octanol–water partition coefficient (Wildman–Crippen LogP) is 3.53. The Morgan fingerprint density at radius 1 is 0.897 bits per heavy atom. The van der Waals surface area contributed by atoms with Gasteiger partial charge in [0.25, 0.3) is 11.8 Å². The Hall–Kier alpha value is -2.92. The van der Waals surface area contributed by atoms with E-state index < -0.39 is 0 Å². The molecule has 152 valence electrons. The van der Waals surface area contributed by atoms with Gasteiger partial charge < -0.3 is 10.2 Å². The molecule has 1 heterocycles. The lowest BCUT2D eigenvalue weighted by atomic mass is 9.93. The van der Waals surface area contributed by atoms with E-state index in [0.717, 1.165) is 38.2 Å². The average molecular weight is 392 g/mol. The van der Waals surface area contributed by atoms with Crippen molar-refractivity contribution in [1.82, 2.24) is 15.1 Å². The number of rotatable bonds is 9. The minimum absolute atomic E-state index is 0.242. The first kappa shape index (κ1) is 20.8. The molecule has 1 aliphatic rings. The van der Waals surface area contributed by atoms with Crippen molar-refractivity contribution in [2.24, 2.45) is 0 Å². The van der Waals surface area contributed by atoms with Crippen LogP contribution in [0.1, 0.15) is 41.8 Å². The summed E-state index contributed by atoms with van der Waals surface area (Å²) >= 11 is 0. The van der Waals surface area contributed by atoms with Crippen LogP contribution in [-0.4, -0.2) is 47.8 Å². The van der Waals surface area contributed by atoms with Crippen LogP contribution in [0.2, 0.25) is 0 Å². The van der Waals surface area contributed by atoms with Crippen molar-refractivity contribution >= 4 is 17.4 Å². The average Bonchev–Trinajstić information content (AvgIpc) is 2.76. The Bertz CT molecular complexity index is 873. The van der Waals surface area contributed by atoms with Crippen LogP contribution < -0.4 is 5.32 Å². The molecule has 0 saturated carbocycles. The monoisotopic (exact) mass is 391 g/mol. The van der Waals surface area contributed by atoms with Crippen LogP contribution in [0.5, 0.6) is 0 Å². The second-order valence-corrected chi connectivity index (χ2v) is 7.12. The maximum absolute atomic E-state index is 13.2. The van der Waals surface area contributed by atoms with Gasteiger partial charge in [-0.2, -0.15) is 0 Å². The number of imide groups is 1. The normalized spacial score (nSPS) is 15.1. The summed E-state index contributed by atoms with van der Waals surface area (Å²) in [4.78, 5) is 29.8. The van der Waals surface area contributed by atoms with E-state index >= 15 is 0 Å². The Morgan fingerprint density at radius 2 is 1.55 bits per heavy atom. The highest BCUT2D eigenvalue weighted by Gasteiger charge is 2.34. The first-order valence-corrected chi connectivity index (χ1v) is 10.3. The Morgan fingerprint density at radius 3 is 2.24 bits per heavy atom. The van der Waals surface area contributed by atoms with Gasteiger partial charge in [0.05, 0.1) is 12.1 Å². The lowest BCUT2D eigenvalue weighted by Crippen LogP contribution is -2.41. The van der Waals surface area contributed by atoms with Crippen LogP contribution >= 0.6 is 0 Å². The lowest BCUT2D eigenvalue weighted by Gasteiger charge is -2.28. The zero-order valence-corrected chi connectivity index (χ0v) is 17.2. The highest BCUT2D eigenvalue weighted by Crippen LogP contribution is 2.29. The van der Waals surface area contributed by atoms with Gasteiger partial charge in [0, 0.05) is 23.9 Å². The number of fused-ring (bicyclic) bond motifs is 1. The molecule has 1 N–H and O–H groups in total. The van der Waals surface area contributed by atoms with E-state index in [0.29, 0.717) is 16.7 Å². The van der Waals surface area contributed by atoms with Crippen LogP contribution in [0.4, 0.5) is 0 Å². The van der Waals surface area contributed by atoms with Crippen molar-refractivity contribution < 1.29 is 9.59 Å². The molecule has 2 aromatic carbocycles. The van der Waals surface area contributed by atoms with E-state index in [1.165, 1.54) is 4.90 Å². The smallest absolute Gasteiger partial charge is 0.263 e. The topological polar surface area (TPSA) is 52.7 Å². The van der Waals surface area contributed by atoms with Crippen molar-refractivity contribution in [3.05, 3.63) is 77.5 Å². The molecule has 0 aromatic heterocycles. The summed E-state index contributed by atoms with van der Waals surface area (Å²) in [6.07, 6.45) is 2.77. The summed E-state index contributed by atoms with van der Waals surface area (Å²) in [5.41, 5.74) is 2.74. The highest BCUT2D eigenvalue weighted by atomic mass is 16.2. The third kappa shape index (κ3) is 4.93. The van der Waals surface area contributed by atoms with Gasteiger partial charge in [0.1, 0.15) is 0 Å². The largest absolute Gasteiger partial charge is 0.390 e. The molecule has 0 radical (unpaired) electrons. The summed E-state index contributed by atoms with van der Waals surface area (Å²) in [5.74, 6) is -0.498. The van der Waals surface area contributed by atoms with Gasteiger partial charge >= 0.3 is 0 Å². The number of nitrogens with zero attached hydrogens (tertiary/aromatic N) is 2. The number of hydrogen-bond acceptors (Lipinski definition) is 4. The molecule has 0 aliphatic carbocycles. The minimum atomic E-state index is -0.256. The maximum Gasteiger partial charge on any atom is 0.263 e.